The van der Waals surface area contributed by atoms with Gasteiger partial charge in [0.15, 0.2) is 0 Å². The van der Waals surface area contributed by atoms with Gasteiger partial charge in [-0.3, -0.25) is 9.78 Å². The van der Waals surface area contributed by atoms with Gasteiger partial charge in [0.25, 0.3) is 5.91 Å². The van der Waals surface area contributed by atoms with E-state index >= 15 is 0 Å². The van der Waals surface area contributed by atoms with Gasteiger partial charge in [0.05, 0.1) is 10.6 Å². The number of carbonyl (C=O) groups excluding carboxylic acids is 1. The van der Waals surface area contributed by atoms with E-state index in [1.54, 1.807) is 13.0 Å². The number of halogens is 8. The SMILES string of the molecule is CCCCC(C)(C)/C(C)=C(\Cc1cccc(F)c1Cl)C(=O)Nc1ccc(C(F)(F)F)cc1-c1ccc(C(F)(F)F)nc1. The average molecular weight is 615 g/mol. The quantitative estimate of drug-likeness (QED) is 0.192. The summed E-state index contributed by atoms with van der Waals surface area (Å²) in [5.41, 5.74) is -1.81. The Kier molecular flexibility index (Phi) is 10.1. The molecule has 1 N–H and O–H groups in total. The van der Waals surface area contributed by atoms with E-state index in [0.29, 0.717) is 17.2 Å². The molecule has 0 unspecified atom stereocenters. The van der Waals surface area contributed by atoms with Crippen LogP contribution in [0, 0.1) is 11.2 Å². The molecule has 0 saturated heterocycles. The minimum Gasteiger partial charge on any atom is -0.322 e. The van der Waals surface area contributed by atoms with Gasteiger partial charge in [0.1, 0.15) is 11.5 Å². The van der Waals surface area contributed by atoms with Crippen molar-refractivity contribution in [2.45, 2.75) is 65.7 Å². The average Bonchev–Trinajstić information content (AvgIpc) is 2.91. The largest absolute Gasteiger partial charge is 0.433 e. The lowest BCUT2D eigenvalue weighted by molar-refractivity contribution is -0.141. The molecular formula is C31H30ClF7N2O. The summed E-state index contributed by atoms with van der Waals surface area (Å²) in [5, 5.41) is 2.49. The molecule has 0 aliphatic carbocycles. The highest BCUT2D eigenvalue weighted by Crippen LogP contribution is 2.39. The van der Waals surface area contributed by atoms with Crippen molar-refractivity contribution in [3.63, 3.8) is 0 Å². The first kappa shape index (κ1) is 33.1. The van der Waals surface area contributed by atoms with Gasteiger partial charge in [0, 0.05) is 35.0 Å². The van der Waals surface area contributed by atoms with Crippen LogP contribution in [0.25, 0.3) is 11.1 Å². The van der Waals surface area contributed by atoms with E-state index in [0.717, 1.165) is 49.7 Å². The van der Waals surface area contributed by atoms with Gasteiger partial charge in [0.2, 0.25) is 0 Å². The molecule has 42 heavy (non-hydrogen) atoms. The van der Waals surface area contributed by atoms with Crippen molar-refractivity contribution in [2.24, 2.45) is 5.41 Å². The van der Waals surface area contributed by atoms with Gasteiger partial charge in [-0.25, -0.2) is 4.39 Å². The Hall–Kier alpha value is -3.40. The number of hydrogen-bond acceptors (Lipinski definition) is 2. The van der Waals surface area contributed by atoms with E-state index in [1.807, 2.05) is 20.8 Å². The molecule has 1 heterocycles. The third-order valence-electron chi connectivity index (χ3n) is 7.26. The highest BCUT2D eigenvalue weighted by molar-refractivity contribution is 6.31. The maximum Gasteiger partial charge on any atom is 0.433 e. The van der Waals surface area contributed by atoms with Gasteiger partial charge in [-0.15, -0.1) is 0 Å². The van der Waals surface area contributed by atoms with E-state index in [9.17, 15) is 35.5 Å². The number of nitrogens with zero attached hydrogens (tertiary/aromatic N) is 1. The highest BCUT2D eigenvalue weighted by atomic mass is 35.5. The summed E-state index contributed by atoms with van der Waals surface area (Å²) in [5.74, 6) is -1.34. The minimum absolute atomic E-state index is 0.0666. The zero-order valence-electron chi connectivity index (χ0n) is 23.4. The molecule has 0 saturated carbocycles. The molecule has 226 valence electrons. The van der Waals surface area contributed by atoms with Crippen LogP contribution >= 0.6 is 11.6 Å². The second kappa shape index (κ2) is 12.9. The third-order valence-corrected chi connectivity index (χ3v) is 7.68. The Morgan fingerprint density at radius 3 is 2.24 bits per heavy atom. The monoisotopic (exact) mass is 614 g/mol. The number of benzene rings is 2. The van der Waals surface area contributed by atoms with Crippen LogP contribution in [0.15, 0.2) is 65.9 Å². The maximum absolute atomic E-state index is 14.2. The third kappa shape index (κ3) is 7.91. The number of carbonyl (C=O) groups is 1. The molecule has 0 aliphatic rings. The van der Waals surface area contributed by atoms with Crippen LogP contribution in [0.1, 0.15) is 63.8 Å². The number of anilines is 1. The van der Waals surface area contributed by atoms with Crippen LogP contribution in [-0.2, 0) is 23.6 Å². The van der Waals surface area contributed by atoms with Crippen molar-refractivity contribution < 1.29 is 35.5 Å². The van der Waals surface area contributed by atoms with Crippen LogP contribution in [0.3, 0.4) is 0 Å². The maximum atomic E-state index is 14.2. The van der Waals surface area contributed by atoms with E-state index < -0.39 is 40.7 Å². The summed E-state index contributed by atoms with van der Waals surface area (Å²) >= 11 is 6.19. The number of pyridine rings is 1. The van der Waals surface area contributed by atoms with Gasteiger partial charge >= 0.3 is 12.4 Å². The van der Waals surface area contributed by atoms with E-state index in [1.165, 1.54) is 12.1 Å². The molecule has 1 amide bonds. The zero-order valence-corrected chi connectivity index (χ0v) is 24.2. The highest BCUT2D eigenvalue weighted by Gasteiger charge is 2.34. The number of aromatic nitrogens is 1. The van der Waals surface area contributed by atoms with Crippen molar-refractivity contribution in [3.05, 3.63) is 93.5 Å². The summed E-state index contributed by atoms with van der Waals surface area (Å²) in [6.07, 6.45) is -6.27. The van der Waals surface area contributed by atoms with Gasteiger partial charge in [-0.1, -0.05) is 69.0 Å². The number of unbranched alkanes of at least 4 members (excludes halogenated alkanes) is 1. The molecule has 3 nitrogen and oxygen atoms in total. The molecule has 0 spiro atoms. The Bertz CT molecular complexity index is 1460. The topological polar surface area (TPSA) is 42.0 Å². The molecule has 0 aliphatic heterocycles. The number of amides is 1. The Morgan fingerprint density at radius 2 is 1.67 bits per heavy atom. The fourth-order valence-electron chi connectivity index (χ4n) is 4.46. The normalized spacial score (nSPS) is 13.1. The molecule has 11 heteroatoms. The lowest BCUT2D eigenvalue weighted by Crippen LogP contribution is -2.24. The summed E-state index contributed by atoms with van der Waals surface area (Å²) in [6.45, 7) is 7.70. The fraction of sp³-hybridized carbons (Fsp3) is 0.355. The first-order chi connectivity index (χ1) is 19.5. The summed E-state index contributed by atoms with van der Waals surface area (Å²) in [6, 6.07) is 8.39. The molecule has 0 atom stereocenters. The Labute approximate surface area is 244 Å². The van der Waals surface area contributed by atoms with Crippen LogP contribution in [-0.4, -0.2) is 10.9 Å². The van der Waals surface area contributed by atoms with Gasteiger partial charge in [-0.05, 0) is 54.7 Å². The number of alkyl halides is 6. The van der Waals surface area contributed by atoms with Crippen LogP contribution < -0.4 is 5.32 Å². The first-order valence-corrected chi connectivity index (χ1v) is 13.5. The lowest BCUT2D eigenvalue weighted by Gasteiger charge is -2.29. The molecular weight excluding hydrogens is 585 g/mol. The molecule has 3 aromatic rings. The first-order valence-electron chi connectivity index (χ1n) is 13.1. The molecule has 0 radical (unpaired) electrons. The lowest BCUT2D eigenvalue weighted by atomic mass is 9.77. The molecule has 2 aromatic carbocycles. The smallest absolute Gasteiger partial charge is 0.322 e. The summed E-state index contributed by atoms with van der Waals surface area (Å²) in [7, 11) is 0. The van der Waals surface area contributed by atoms with Gasteiger partial charge < -0.3 is 5.32 Å². The number of hydrogen-bond donors (Lipinski definition) is 1. The molecule has 1 aromatic heterocycles. The Balaban J connectivity index is 2.13. The minimum atomic E-state index is -4.75. The van der Waals surface area contributed by atoms with Crippen LogP contribution in [0.2, 0.25) is 5.02 Å². The van der Waals surface area contributed by atoms with Crippen molar-refractivity contribution >= 4 is 23.2 Å². The molecule has 3 rings (SSSR count). The summed E-state index contributed by atoms with van der Waals surface area (Å²) in [4.78, 5) is 17.2. The standard InChI is InChI=1S/C31H30ClF7N2O/c1-5-6-14-29(3,4)18(2)22(15-19-8-7-9-24(33)27(19)32)28(42)41-25-12-11-21(30(34,35)36)16-23(25)20-10-13-26(40-17-20)31(37,38)39/h7-13,16-17H,5-6,14-15H2,1-4H3,(H,41,42)/b22-18+. The van der Waals surface area contributed by atoms with Crippen LogP contribution in [0.4, 0.5) is 36.4 Å². The van der Waals surface area contributed by atoms with Gasteiger partial charge in [-0.2, -0.15) is 26.3 Å². The molecule has 0 fully saturated rings. The van der Waals surface area contributed by atoms with Crippen molar-refractivity contribution in [3.8, 4) is 11.1 Å². The second-order valence-corrected chi connectivity index (χ2v) is 11.0. The van der Waals surface area contributed by atoms with Crippen molar-refractivity contribution in [2.75, 3.05) is 5.32 Å². The Morgan fingerprint density at radius 1 is 0.976 bits per heavy atom. The molecule has 0 bridgehead atoms. The van der Waals surface area contributed by atoms with Crippen LogP contribution in [0.5, 0.6) is 0 Å². The van der Waals surface area contributed by atoms with Crippen molar-refractivity contribution in [1.82, 2.24) is 4.98 Å². The summed E-state index contributed by atoms with van der Waals surface area (Å²) < 4.78 is 94.1. The zero-order chi connectivity index (χ0) is 31.5. The number of rotatable bonds is 9. The predicted octanol–water partition coefficient (Wildman–Crippen LogP) is 10.3. The number of nitrogens with one attached hydrogen (secondary N) is 1. The van der Waals surface area contributed by atoms with E-state index in [4.69, 9.17) is 11.6 Å². The van der Waals surface area contributed by atoms with Crippen molar-refractivity contribution in [1.29, 1.82) is 0 Å². The second-order valence-electron chi connectivity index (χ2n) is 10.6. The van der Waals surface area contributed by atoms with E-state index in [2.05, 4.69) is 10.3 Å². The van der Waals surface area contributed by atoms with E-state index in [-0.39, 0.29) is 33.8 Å². The number of allylic oxidation sites excluding steroid dienone is 1. The fourth-order valence-corrected chi connectivity index (χ4v) is 4.65. The predicted molar refractivity (Wildman–Crippen MR) is 149 cm³/mol.